The van der Waals surface area contributed by atoms with E-state index in [0.29, 0.717) is 18.9 Å². The monoisotopic (exact) mass is 326 g/mol. The van der Waals surface area contributed by atoms with E-state index in [2.05, 4.69) is 48.3 Å². The van der Waals surface area contributed by atoms with E-state index in [0.717, 1.165) is 25.3 Å². The number of carbonyl (C=O) groups is 1. The van der Waals surface area contributed by atoms with Crippen molar-refractivity contribution in [2.45, 2.75) is 39.3 Å². The lowest BCUT2D eigenvalue weighted by atomic mass is 9.98. The van der Waals surface area contributed by atoms with Gasteiger partial charge in [0.1, 0.15) is 5.76 Å². The lowest BCUT2D eigenvalue weighted by Crippen LogP contribution is -2.40. The molecular weight excluding hydrogens is 300 g/mol. The second kappa shape index (κ2) is 7.67. The summed E-state index contributed by atoms with van der Waals surface area (Å²) in [6.07, 6.45) is 3.30. The maximum absolute atomic E-state index is 12.0. The van der Waals surface area contributed by atoms with Gasteiger partial charge in [-0.05, 0) is 35.6 Å². The normalized spacial score (nSPS) is 16.0. The first-order valence-electron chi connectivity index (χ1n) is 8.74. The van der Waals surface area contributed by atoms with Gasteiger partial charge in [-0.3, -0.25) is 9.69 Å². The number of nitrogens with zero attached hydrogens (tertiary/aromatic N) is 1. The quantitative estimate of drug-likeness (QED) is 0.883. The number of fused-ring (bicyclic) bond motifs is 1. The zero-order chi connectivity index (χ0) is 16.9. The largest absolute Gasteiger partial charge is 0.468 e. The van der Waals surface area contributed by atoms with E-state index in [1.165, 1.54) is 11.1 Å². The third-order valence-electron chi connectivity index (χ3n) is 4.56. The number of amides is 1. The molecule has 0 spiro atoms. The van der Waals surface area contributed by atoms with E-state index in [4.69, 9.17) is 4.42 Å². The average molecular weight is 326 g/mol. The smallest absolute Gasteiger partial charge is 0.220 e. The van der Waals surface area contributed by atoms with Crippen LogP contribution >= 0.6 is 0 Å². The van der Waals surface area contributed by atoms with Gasteiger partial charge >= 0.3 is 0 Å². The molecular formula is C20H26N2O2. The van der Waals surface area contributed by atoms with Crippen LogP contribution < -0.4 is 5.32 Å². The molecule has 1 aliphatic rings. The van der Waals surface area contributed by atoms with Crippen LogP contribution in [0.2, 0.25) is 0 Å². The van der Waals surface area contributed by atoms with E-state index >= 15 is 0 Å². The Hall–Kier alpha value is -2.07. The van der Waals surface area contributed by atoms with Gasteiger partial charge in [-0.15, -0.1) is 0 Å². The third-order valence-corrected chi connectivity index (χ3v) is 4.56. The van der Waals surface area contributed by atoms with Crippen LogP contribution in [0.3, 0.4) is 0 Å². The number of furan rings is 1. The average Bonchev–Trinajstić information content (AvgIpc) is 3.08. The van der Waals surface area contributed by atoms with Crippen LogP contribution in [0.25, 0.3) is 0 Å². The molecule has 4 heteroatoms. The molecule has 2 heterocycles. The first kappa shape index (κ1) is 16.8. The van der Waals surface area contributed by atoms with E-state index in [-0.39, 0.29) is 11.9 Å². The molecule has 1 amide bonds. The number of hydrogen-bond donors (Lipinski definition) is 1. The summed E-state index contributed by atoms with van der Waals surface area (Å²) in [6, 6.07) is 12.6. The lowest BCUT2D eigenvalue weighted by molar-refractivity contribution is -0.122. The van der Waals surface area contributed by atoms with Gasteiger partial charge in [-0.2, -0.15) is 0 Å². The molecule has 24 heavy (non-hydrogen) atoms. The highest BCUT2D eigenvalue weighted by molar-refractivity contribution is 5.76. The zero-order valence-electron chi connectivity index (χ0n) is 14.5. The number of carbonyl (C=O) groups excluding carboxylic acids is 1. The molecule has 0 fully saturated rings. The molecule has 0 saturated carbocycles. The highest BCUT2D eigenvalue weighted by Crippen LogP contribution is 2.27. The highest BCUT2D eigenvalue weighted by Gasteiger charge is 2.27. The number of rotatable bonds is 6. The Morgan fingerprint density at radius 2 is 2.00 bits per heavy atom. The Balaban J connectivity index is 1.71. The van der Waals surface area contributed by atoms with Gasteiger partial charge < -0.3 is 9.73 Å². The molecule has 1 aromatic heterocycles. The zero-order valence-corrected chi connectivity index (χ0v) is 14.5. The molecule has 2 aromatic rings. The molecule has 128 valence electrons. The molecule has 0 saturated heterocycles. The first-order chi connectivity index (χ1) is 11.6. The maximum atomic E-state index is 12.0. The van der Waals surface area contributed by atoms with Crippen LogP contribution in [-0.4, -0.2) is 23.9 Å². The van der Waals surface area contributed by atoms with Gasteiger partial charge in [-0.1, -0.05) is 38.1 Å². The summed E-state index contributed by atoms with van der Waals surface area (Å²) in [5, 5.41) is 3.08. The van der Waals surface area contributed by atoms with Gasteiger partial charge in [0.15, 0.2) is 0 Å². The third kappa shape index (κ3) is 4.06. The van der Waals surface area contributed by atoms with Crippen molar-refractivity contribution in [1.82, 2.24) is 10.2 Å². The summed E-state index contributed by atoms with van der Waals surface area (Å²) in [6.45, 7) is 6.57. The fraction of sp³-hybridized carbons (Fsp3) is 0.450. The lowest BCUT2D eigenvalue weighted by Gasteiger charge is -2.34. The van der Waals surface area contributed by atoms with Gasteiger partial charge in [-0.25, -0.2) is 0 Å². The van der Waals surface area contributed by atoms with E-state index < -0.39 is 0 Å². The Morgan fingerprint density at radius 3 is 2.71 bits per heavy atom. The molecule has 0 unspecified atom stereocenters. The van der Waals surface area contributed by atoms with E-state index in [9.17, 15) is 4.79 Å². The van der Waals surface area contributed by atoms with Crippen LogP contribution in [0.15, 0.2) is 47.1 Å². The van der Waals surface area contributed by atoms with Gasteiger partial charge in [0, 0.05) is 26.1 Å². The summed E-state index contributed by atoms with van der Waals surface area (Å²) in [7, 11) is 0. The predicted octanol–water partition coefficient (Wildman–Crippen LogP) is 3.54. The van der Waals surface area contributed by atoms with Gasteiger partial charge in [0.25, 0.3) is 0 Å². The molecule has 0 bridgehead atoms. The van der Waals surface area contributed by atoms with Crippen molar-refractivity contribution >= 4 is 5.91 Å². The molecule has 1 aliphatic heterocycles. The van der Waals surface area contributed by atoms with Crippen molar-refractivity contribution in [3.63, 3.8) is 0 Å². The molecule has 1 aromatic carbocycles. The topological polar surface area (TPSA) is 45.5 Å². The molecule has 0 aliphatic carbocycles. The number of benzene rings is 1. The van der Waals surface area contributed by atoms with Crippen LogP contribution in [-0.2, 0) is 17.8 Å². The second-order valence-corrected chi connectivity index (χ2v) is 6.92. The standard InChI is InChI=1S/C20H26N2O2/c1-15(2)12-20(23)21-13-18(19-8-5-11-24-19)22-10-9-16-6-3-4-7-17(16)14-22/h3-8,11,15,18H,9-10,12-14H2,1-2H3,(H,21,23)/t18-/m1/s1. The predicted molar refractivity (Wildman–Crippen MR) is 94.5 cm³/mol. The number of nitrogens with one attached hydrogen (secondary N) is 1. The maximum Gasteiger partial charge on any atom is 0.220 e. The van der Waals surface area contributed by atoms with Crippen molar-refractivity contribution in [3.8, 4) is 0 Å². The Kier molecular flexibility index (Phi) is 5.36. The van der Waals surface area contributed by atoms with E-state index in [1.807, 2.05) is 12.1 Å². The van der Waals surface area contributed by atoms with Crippen LogP contribution in [0.1, 0.15) is 43.2 Å². The van der Waals surface area contributed by atoms with Crippen molar-refractivity contribution in [2.75, 3.05) is 13.1 Å². The minimum Gasteiger partial charge on any atom is -0.468 e. The summed E-state index contributed by atoms with van der Waals surface area (Å²) >= 11 is 0. The highest BCUT2D eigenvalue weighted by atomic mass is 16.3. The second-order valence-electron chi connectivity index (χ2n) is 6.92. The Bertz CT molecular complexity index is 664. The minimum absolute atomic E-state index is 0.0736. The molecule has 1 N–H and O–H groups in total. The Morgan fingerprint density at radius 1 is 1.21 bits per heavy atom. The van der Waals surface area contributed by atoms with Crippen molar-refractivity contribution in [2.24, 2.45) is 5.92 Å². The van der Waals surface area contributed by atoms with Crippen molar-refractivity contribution in [3.05, 3.63) is 59.5 Å². The van der Waals surface area contributed by atoms with Crippen molar-refractivity contribution in [1.29, 1.82) is 0 Å². The summed E-state index contributed by atoms with van der Waals surface area (Å²) in [4.78, 5) is 14.4. The molecule has 1 atom stereocenters. The summed E-state index contributed by atoms with van der Waals surface area (Å²) in [5.74, 6) is 1.40. The van der Waals surface area contributed by atoms with Crippen LogP contribution in [0, 0.1) is 5.92 Å². The molecule has 4 nitrogen and oxygen atoms in total. The molecule has 0 radical (unpaired) electrons. The van der Waals surface area contributed by atoms with Gasteiger partial charge in [0.05, 0.1) is 12.3 Å². The minimum atomic E-state index is 0.0736. The SMILES string of the molecule is CC(C)CC(=O)NC[C@H](c1ccco1)N1CCc2ccccc2C1. The summed E-state index contributed by atoms with van der Waals surface area (Å²) < 4.78 is 5.66. The van der Waals surface area contributed by atoms with Gasteiger partial charge in [0.2, 0.25) is 5.91 Å². The van der Waals surface area contributed by atoms with Crippen LogP contribution in [0.4, 0.5) is 0 Å². The van der Waals surface area contributed by atoms with E-state index in [1.54, 1.807) is 6.26 Å². The summed E-state index contributed by atoms with van der Waals surface area (Å²) in [5.41, 5.74) is 2.80. The molecule has 3 rings (SSSR count). The van der Waals surface area contributed by atoms with Crippen molar-refractivity contribution < 1.29 is 9.21 Å². The fourth-order valence-electron chi connectivity index (χ4n) is 3.33. The fourth-order valence-corrected chi connectivity index (χ4v) is 3.33. The van der Waals surface area contributed by atoms with Crippen LogP contribution in [0.5, 0.6) is 0 Å². The number of hydrogen-bond acceptors (Lipinski definition) is 3. The Labute approximate surface area is 143 Å². The first-order valence-corrected chi connectivity index (χ1v) is 8.74.